The van der Waals surface area contributed by atoms with Gasteiger partial charge >= 0.3 is 0 Å². The first kappa shape index (κ1) is 18.0. The molecular weight excluding hydrogens is 300 g/mol. The van der Waals surface area contributed by atoms with E-state index in [4.69, 9.17) is 4.99 Å². The van der Waals surface area contributed by atoms with Gasteiger partial charge in [0.05, 0.1) is 0 Å². The molecule has 0 fully saturated rings. The lowest BCUT2D eigenvalue weighted by molar-refractivity contribution is 0.476. The van der Waals surface area contributed by atoms with Crippen LogP contribution in [0.25, 0.3) is 0 Å². The number of aliphatic imine (C=N–C) groups is 1. The molecule has 0 aliphatic carbocycles. The summed E-state index contributed by atoms with van der Waals surface area (Å²) in [5, 5.41) is 11.6. The fourth-order valence-electron chi connectivity index (χ4n) is 2.43. The Morgan fingerprint density at radius 2 is 1.83 bits per heavy atom. The third kappa shape index (κ3) is 4.57. The Balaban J connectivity index is 2.07. The van der Waals surface area contributed by atoms with E-state index in [1.807, 2.05) is 18.5 Å². The first-order chi connectivity index (χ1) is 11.5. The molecule has 0 aliphatic heterocycles. The van der Waals surface area contributed by atoms with Gasteiger partial charge in [0.15, 0.2) is 11.8 Å². The van der Waals surface area contributed by atoms with Crippen LogP contribution in [0.5, 0.6) is 0 Å². The van der Waals surface area contributed by atoms with Gasteiger partial charge in [-0.1, -0.05) is 31.2 Å². The Kier molecular flexibility index (Phi) is 6.35. The van der Waals surface area contributed by atoms with E-state index in [0.29, 0.717) is 6.54 Å². The zero-order valence-electron chi connectivity index (χ0n) is 15.4. The van der Waals surface area contributed by atoms with Crippen molar-refractivity contribution in [1.82, 2.24) is 25.0 Å². The summed E-state index contributed by atoms with van der Waals surface area (Å²) in [6, 6.07) is 8.75. The third-order valence-corrected chi connectivity index (χ3v) is 4.10. The summed E-state index contributed by atoms with van der Waals surface area (Å²) >= 11 is 0. The van der Waals surface area contributed by atoms with Crippen LogP contribution in [0.4, 0.5) is 0 Å². The summed E-state index contributed by atoms with van der Waals surface area (Å²) in [5.74, 6) is 2.64. The van der Waals surface area contributed by atoms with E-state index in [-0.39, 0.29) is 0 Å². The molecule has 0 saturated carbocycles. The van der Waals surface area contributed by atoms with Gasteiger partial charge in [0.1, 0.15) is 12.4 Å². The average Bonchev–Trinajstić information content (AvgIpc) is 2.91. The Morgan fingerprint density at radius 1 is 1.17 bits per heavy atom. The highest BCUT2D eigenvalue weighted by Gasteiger charge is 2.09. The molecular formula is C18H28N6. The SMILES string of the molecule is CCNC(=NCc1nnc(C)n1C)N(C)Cc1ccc(CC)cc1. The molecule has 0 bridgehead atoms. The molecule has 0 amide bonds. The van der Waals surface area contributed by atoms with Crippen molar-refractivity contribution in [1.29, 1.82) is 0 Å². The lowest BCUT2D eigenvalue weighted by Crippen LogP contribution is -2.38. The highest BCUT2D eigenvalue weighted by molar-refractivity contribution is 5.79. The zero-order valence-corrected chi connectivity index (χ0v) is 15.4. The molecule has 0 unspecified atom stereocenters. The van der Waals surface area contributed by atoms with Crippen molar-refractivity contribution < 1.29 is 0 Å². The van der Waals surface area contributed by atoms with E-state index in [9.17, 15) is 0 Å². The van der Waals surface area contributed by atoms with Gasteiger partial charge in [-0.15, -0.1) is 10.2 Å². The van der Waals surface area contributed by atoms with Crippen LogP contribution in [0.2, 0.25) is 0 Å². The molecule has 0 spiro atoms. The van der Waals surface area contributed by atoms with Crippen LogP contribution >= 0.6 is 0 Å². The molecule has 2 rings (SSSR count). The van der Waals surface area contributed by atoms with E-state index in [0.717, 1.165) is 37.1 Å². The molecule has 2 aromatic rings. The number of rotatable bonds is 6. The highest BCUT2D eigenvalue weighted by atomic mass is 15.3. The second-order valence-corrected chi connectivity index (χ2v) is 5.92. The molecule has 1 N–H and O–H groups in total. The molecule has 130 valence electrons. The largest absolute Gasteiger partial charge is 0.357 e. The predicted molar refractivity (Wildman–Crippen MR) is 97.8 cm³/mol. The van der Waals surface area contributed by atoms with E-state index in [1.165, 1.54) is 11.1 Å². The monoisotopic (exact) mass is 328 g/mol. The lowest BCUT2D eigenvalue weighted by atomic mass is 10.1. The normalized spacial score (nSPS) is 11.6. The molecule has 1 aromatic heterocycles. The maximum Gasteiger partial charge on any atom is 0.194 e. The summed E-state index contributed by atoms with van der Waals surface area (Å²) in [4.78, 5) is 6.83. The number of nitrogens with zero attached hydrogens (tertiary/aromatic N) is 5. The molecule has 0 aliphatic rings. The van der Waals surface area contributed by atoms with Crippen LogP contribution in [0.3, 0.4) is 0 Å². The first-order valence-corrected chi connectivity index (χ1v) is 8.47. The number of hydrogen-bond acceptors (Lipinski definition) is 3. The molecule has 24 heavy (non-hydrogen) atoms. The summed E-state index contributed by atoms with van der Waals surface area (Å²) in [6.07, 6.45) is 1.07. The van der Waals surface area contributed by atoms with Gasteiger partial charge in [0.2, 0.25) is 0 Å². The number of guanidine groups is 1. The van der Waals surface area contributed by atoms with Gasteiger partial charge in [-0.25, -0.2) is 4.99 Å². The van der Waals surface area contributed by atoms with Gasteiger partial charge in [-0.05, 0) is 31.4 Å². The van der Waals surface area contributed by atoms with Crippen LogP contribution < -0.4 is 5.32 Å². The minimum Gasteiger partial charge on any atom is -0.357 e. The summed E-state index contributed by atoms with van der Waals surface area (Å²) in [5.41, 5.74) is 2.63. The van der Waals surface area contributed by atoms with Crippen molar-refractivity contribution >= 4 is 5.96 Å². The average molecular weight is 328 g/mol. The molecule has 1 aromatic carbocycles. The zero-order chi connectivity index (χ0) is 17.5. The second-order valence-electron chi connectivity index (χ2n) is 5.92. The Bertz CT molecular complexity index is 671. The van der Waals surface area contributed by atoms with Crippen molar-refractivity contribution in [2.75, 3.05) is 13.6 Å². The molecule has 0 atom stereocenters. The number of hydrogen-bond donors (Lipinski definition) is 1. The number of nitrogens with one attached hydrogen (secondary N) is 1. The Labute approximate surface area is 144 Å². The summed E-state index contributed by atoms with van der Waals surface area (Å²) in [7, 11) is 4.02. The molecule has 6 nitrogen and oxygen atoms in total. The summed E-state index contributed by atoms with van der Waals surface area (Å²) < 4.78 is 1.97. The Hall–Kier alpha value is -2.37. The molecule has 6 heteroatoms. The number of aryl methyl sites for hydroxylation is 2. The quantitative estimate of drug-likeness (QED) is 0.653. The minimum absolute atomic E-state index is 0.513. The standard InChI is InChI=1S/C18H28N6/c1-6-15-8-10-16(11-9-15)13-23(4)18(19-7-2)20-12-17-22-21-14(3)24(17)5/h8-11H,6-7,12-13H2,1-5H3,(H,19,20). The maximum atomic E-state index is 4.70. The van der Waals surface area contributed by atoms with Crippen LogP contribution in [0.15, 0.2) is 29.3 Å². The van der Waals surface area contributed by atoms with Gasteiger partial charge in [-0.2, -0.15) is 0 Å². The van der Waals surface area contributed by atoms with Crippen LogP contribution in [0.1, 0.15) is 36.6 Å². The van der Waals surface area contributed by atoms with Crippen LogP contribution in [-0.2, 0) is 26.6 Å². The smallest absolute Gasteiger partial charge is 0.194 e. The first-order valence-electron chi connectivity index (χ1n) is 8.47. The van der Waals surface area contributed by atoms with Gasteiger partial charge < -0.3 is 14.8 Å². The van der Waals surface area contributed by atoms with Crippen molar-refractivity contribution in [2.45, 2.75) is 40.3 Å². The fourth-order valence-corrected chi connectivity index (χ4v) is 2.43. The van der Waals surface area contributed by atoms with E-state index in [1.54, 1.807) is 0 Å². The van der Waals surface area contributed by atoms with Crippen LogP contribution in [0, 0.1) is 6.92 Å². The van der Waals surface area contributed by atoms with E-state index < -0.39 is 0 Å². The van der Waals surface area contributed by atoms with E-state index in [2.05, 4.69) is 65.6 Å². The third-order valence-electron chi connectivity index (χ3n) is 4.10. The number of benzene rings is 1. The van der Waals surface area contributed by atoms with Gasteiger partial charge in [0.25, 0.3) is 0 Å². The highest BCUT2D eigenvalue weighted by Crippen LogP contribution is 2.08. The van der Waals surface area contributed by atoms with Crippen LogP contribution in [-0.4, -0.2) is 39.2 Å². The Morgan fingerprint density at radius 3 is 2.38 bits per heavy atom. The molecule has 1 heterocycles. The second kappa shape index (κ2) is 8.47. The number of aromatic nitrogens is 3. The van der Waals surface area contributed by atoms with Crippen molar-refractivity contribution in [3.8, 4) is 0 Å². The lowest BCUT2D eigenvalue weighted by Gasteiger charge is -2.22. The minimum atomic E-state index is 0.513. The topological polar surface area (TPSA) is 58.3 Å². The van der Waals surface area contributed by atoms with Crippen molar-refractivity contribution in [3.63, 3.8) is 0 Å². The molecule has 0 radical (unpaired) electrons. The van der Waals surface area contributed by atoms with Crippen molar-refractivity contribution in [3.05, 3.63) is 47.0 Å². The van der Waals surface area contributed by atoms with Crippen molar-refractivity contribution in [2.24, 2.45) is 12.0 Å². The van der Waals surface area contributed by atoms with Gasteiger partial charge in [0, 0.05) is 27.2 Å². The predicted octanol–water partition coefficient (Wildman–Crippen LogP) is 2.28. The van der Waals surface area contributed by atoms with E-state index >= 15 is 0 Å². The molecule has 0 saturated heterocycles. The summed E-state index contributed by atoms with van der Waals surface area (Å²) in [6.45, 7) is 8.34. The fraction of sp³-hybridized carbons (Fsp3) is 0.500. The maximum absolute atomic E-state index is 4.70. The van der Waals surface area contributed by atoms with Gasteiger partial charge in [-0.3, -0.25) is 0 Å².